The van der Waals surface area contributed by atoms with Crippen molar-refractivity contribution in [2.75, 3.05) is 10.7 Å². The number of hydrogen-bond acceptors (Lipinski definition) is 5. The van der Waals surface area contributed by atoms with Crippen LogP contribution in [0.2, 0.25) is 5.02 Å². The van der Waals surface area contributed by atoms with Crippen LogP contribution in [0.3, 0.4) is 0 Å². The maximum absolute atomic E-state index is 6.03. The van der Waals surface area contributed by atoms with E-state index in [1.165, 1.54) is 0 Å². The normalized spacial score (nSPS) is 10.1. The lowest BCUT2D eigenvalue weighted by Gasteiger charge is -2.07. The van der Waals surface area contributed by atoms with E-state index in [4.69, 9.17) is 17.4 Å². The van der Waals surface area contributed by atoms with E-state index in [-0.39, 0.29) is 0 Å². The third-order valence-electron chi connectivity index (χ3n) is 2.23. The van der Waals surface area contributed by atoms with Gasteiger partial charge in [-0.15, -0.1) is 0 Å². The molecule has 0 saturated heterocycles. The van der Waals surface area contributed by atoms with Crippen LogP contribution in [-0.4, -0.2) is 9.97 Å². The number of nitrogens with two attached hydrogens (primary N) is 1. The van der Waals surface area contributed by atoms with Crippen LogP contribution in [0.25, 0.3) is 0 Å². The van der Waals surface area contributed by atoms with Crippen LogP contribution in [0.1, 0.15) is 5.56 Å². The number of benzene rings is 1. The molecule has 0 amide bonds. The fraction of sp³-hybridized carbons (Fsp3) is 0.0909. The SMILES string of the molecule is Cc1ccc(Nc2ccnc(NN)n2)cc1Cl. The first-order valence-corrected chi connectivity index (χ1v) is 5.39. The quantitative estimate of drug-likeness (QED) is 0.576. The van der Waals surface area contributed by atoms with Crippen LogP contribution in [-0.2, 0) is 0 Å². The highest BCUT2D eigenvalue weighted by Crippen LogP contribution is 2.22. The number of aryl methyl sites for hydroxylation is 1. The fourth-order valence-corrected chi connectivity index (χ4v) is 1.50. The largest absolute Gasteiger partial charge is 0.340 e. The Morgan fingerprint density at radius 3 is 2.82 bits per heavy atom. The summed E-state index contributed by atoms with van der Waals surface area (Å²) in [7, 11) is 0. The van der Waals surface area contributed by atoms with Crippen LogP contribution in [0, 0.1) is 6.92 Å². The number of halogens is 1. The molecule has 0 saturated carbocycles. The lowest BCUT2D eigenvalue weighted by molar-refractivity contribution is 1.12. The fourth-order valence-electron chi connectivity index (χ4n) is 1.32. The zero-order valence-electron chi connectivity index (χ0n) is 9.24. The molecule has 2 aromatic rings. The van der Waals surface area contributed by atoms with Gasteiger partial charge in [-0.05, 0) is 30.7 Å². The molecule has 2 rings (SSSR count). The summed E-state index contributed by atoms with van der Waals surface area (Å²) in [6, 6.07) is 7.45. The second kappa shape index (κ2) is 4.99. The minimum Gasteiger partial charge on any atom is -0.340 e. The van der Waals surface area contributed by atoms with Crippen LogP contribution < -0.4 is 16.6 Å². The van der Waals surface area contributed by atoms with Crippen LogP contribution in [0.4, 0.5) is 17.5 Å². The number of anilines is 3. The summed E-state index contributed by atoms with van der Waals surface area (Å²) in [5.74, 6) is 6.23. The Kier molecular flexibility index (Phi) is 3.41. The maximum Gasteiger partial charge on any atom is 0.239 e. The summed E-state index contributed by atoms with van der Waals surface area (Å²) in [4.78, 5) is 8.06. The highest BCUT2D eigenvalue weighted by atomic mass is 35.5. The lowest BCUT2D eigenvalue weighted by atomic mass is 10.2. The van der Waals surface area contributed by atoms with Crippen molar-refractivity contribution in [2.45, 2.75) is 6.92 Å². The van der Waals surface area contributed by atoms with Gasteiger partial charge in [-0.2, -0.15) is 4.98 Å². The second-order valence-electron chi connectivity index (χ2n) is 3.50. The molecule has 17 heavy (non-hydrogen) atoms. The van der Waals surface area contributed by atoms with Crippen molar-refractivity contribution in [3.05, 3.63) is 41.0 Å². The zero-order valence-corrected chi connectivity index (χ0v) is 9.99. The molecular weight excluding hydrogens is 238 g/mol. The molecule has 5 nitrogen and oxygen atoms in total. The summed E-state index contributed by atoms with van der Waals surface area (Å²) in [5, 5.41) is 3.83. The van der Waals surface area contributed by atoms with Crippen LogP contribution in [0.15, 0.2) is 30.5 Å². The van der Waals surface area contributed by atoms with Gasteiger partial charge in [0.2, 0.25) is 5.95 Å². The van der Waals surface area contributed by atoms with Crippen molar-refractivity contribution in [1.29, 1.82) is 0 Å². The molecule has 0 aliphatic rings. The van der Waals surface area contributed by atoms with Crippen molar-refractivity contribution >= 4 is 29.1 Å². The molecule has 6 heteroatoms. The predicted molar refractivity (Wildman–Crippen MR) is 69.3 cm³/mol. The second-order valence-corrected chi connectivity index (χ2v) is 3.91. The van der Waals surface area contributed by atoms with Crippen LogP contribution in [0.5, 0.6) is 0 Å². The average molecular weight is 250 g/mol. The molecule has 1 heterocycles. The first-order chi connectivity index (χ1) is 8.19. The molecule has 4 N–H and O–H groups in total. The van der Waals surface area contributed by atoms with Gasteiger partial charge >= 0.3 is 0 Å². The Hall–Kier alpha value is -1.85. The highest BCUT2D eigenvalue weighted by molar-refractivity contribution is 6.31. The van der Waals surface area contributed by atoms with E-state index >= 15 is 0 Å². The van der Waals surface area contributed by atoms with E-state index in [0.717, 1.165) is 11.3 Å². The first-order valence-electron chi connectivity index (χ1n) is 5.02. The number of rotatable bonds is 3. The standard InChI is InChI=1S/C11H12ClN5/c1-7-2-3-8(6-9(7)12)15-10-4-5-14-11(16-10)17-13/h2-6H,13H2,1H3,(H2,14,15,16,17). The van der Waals surface area contributed by atoms with Gasteiger partial charge in [-0.3, -0.25) is 5.43 Å². The Bertz CT molecular complexity index is 529. The molecule has 0 aliphatic heterocycles. The minimum absolute atomic E-state index is 0.355. The number of aromatic nitrogens is 2. The van der Waals surface area contributed by atoms with E-state index in [9.17, 15) is 0 Å². The Balaban J connectivity index is 2.22. The van der Waals surface area contributed by atoms with E-state index in [2.05, 4.69) is 20.7 Å². The van der Waals surface area contributed by atoms with Gasteiger partial charge in [0.05, 0.1) is 0 Å². The molecule has 0 aliphatic carbocycles. The maximum atomic E-state index is 6.03. The highest BCUT2D eigenvalue weighted by Gasteiger charge is 2.00. The van der Waals surface area contributed by atoms with Crippen molar-refractivity contribution in [3.63, 3.8) is 0 Å². The summed E-state index contributed by atoms with van der Waals surface area (Å²) >= 11 is 6.03. The summed E-state index contributed by atoms with van der Waals surface area (Å²) < 4.78 is 0. The molecule has 0 bridgehead atoms. The summed E-state index contributed by atoms with van der Waals surface area (Å²) in [6.45, 7) is 1.95. The van der Waals surface area contributed by atoms with Gasteiger partial charge in [0.15, 0.2) is 0 Å². The Labute approximate surface area is 104 Å². The zero-order chi connectivity index (χ0) is 12.3. The van der Waals surface area contributed by atoms with Gasteiger partial charge < -0.3 is 5.32 Å². The molecular formula is C11H12ClN5. The monoisotopic (exact) mass is 249 g/mol. The topological polar surface area (TPSA) is 75.9 Å². The molecule has 1 aromatic heterocycles. The van der Waals surface area contributed by atoms with Gasteiger partial charge in [0.1, 0.15) is 5.82 Å². The van der Waals surface area contributed by atoms with Crippen molar-refractivity contribution in [3.8, 4) is 0 Å². The minimum atomic E-state index is 0.355. The molecule has 0 radical (unpaired) electrons. The average Bonchev–Trinajstić information content (AvgIpc) is 2.34. The molecule has 0 fully saturated rings. The van der Waals surface area contributed by atoms with E-state index in [1.807, 2.05) is 25.1 Å². The molecule has 1 aromatic carbocycles. The van der Waals surface area contributed by atoms with E-state index in [1.54, 1.807) is 12.3 Å². The summed E-state index contributed by atoms with van der Waals surface area (Å²) in [6.07, 6.45) is 1.61. The number of hydrazine groups is 1. The molecule has 88 valence electrons. The predicted octanol–water partition coefficient (Wildman–Crippen LogP) is 2.47. The van der Waals surface area contributed by atoms with Gasteiger partial charge in [-0.1, -0.05) is 17.7 Å². The molecule has 0 unspecified atom stereocenters. The van der Waals surface area contributed by atoms with Gasteiger partial charge in [0, 0.05) is 16.9 Å². The molecule has 0 spiro atoms. The third-order valence-corrected chi connectivity index (χ3v) is 2.64. The Morgan fingerprint density at radius 1 is 1.29 bits per heavy atom. The smallest absolute Gasteiger partial charge is 0.239 e. The number of hydrogen-bond donors (Lipinski definition) is 3. The first kappa shape index (κ1) is 11.6. The number of nitrogens with one attached hydrogen (secondary N) is 2. The van der Waals surface area contributed by atoms with E-state index in [0.29, 0.717) is 16.8 Å². The van der Waals surface area contributed by atoms with E-state index < -0.39 is 0 Å². The lowest BCUT2D eigenvalue weighted by Crippen LogP contribution is -2.10. The molecule has 0 atom stereocenters. The summed E-state index contributed by atoms with van der Waals surface area (Å²) in [5.41, 5.74) is 4.28. The number of nitrogens with zero attached hydrogens (tertiary/aromatic N) is 2. The van der Waals surface area contributed by atoms with Crippen molar-refractivity contribution in [1.82, 2.24) is 9.97 Å². The van der Waals surface area contributed by atoms with Crippen molar-refractivity contribution < 1.29 is 0 Å². The van der Waals surface area contributed by atoms with Gasteiger partial charge in [-0.25, -0.2) is 10.8 Å². The van der Waals surface area contributed by atoms with Crippen LogP contribution >= 0.6 is 11.6 Å². The Morgan fingerprint density at radius 2 is 2.12 bits per heavy atom. The van der Waals surface area contributed by atoms with Gasteiger partial charge in [0.25, 0.3) is 0 Å². The third kappa shape index (κ3) is 2.83. The number of nitrogen functional groups attached to an aromatic ring is 1. The van der Waals surface area contributed by atoms with Crippen molar-refractivity contribution in [2.24, 2.45) is 5.84 Å².